The van der Waals surface area contributed by atoms with Gasteiger partial charge in [-0.05, 0) is 73.4 Å². The van der Waals surface area contributed by atoms with Crippen LogP contribution in [0.3, 0.4) is 0 Å². The van der Waals surface area contributed by atoms with E-state index in [0.717, 1.165) is 12.1 Å². The number of likely N-dealkylation sites (tertiary alicyclic amines) is 1. The Morgan fingerprint density at radius 1 is 1.16 bits per heavy atom. The van der Waals surface area contributed by atoms with Crippen LogP contribution in [0.5, 0.6) is 5.75 Å². The molecule has 3 rings (SSSR count). The fourth-order valence-corrected chi connectivity index (χ4v) is 5.35. The minimum absolute atomic E-state index is 0.0337. The highest BCUT2D eigenvalue weighted by Gasteiger charge is 2.45. The Morgan fingerprint density at radius 3 is 2.37 bits per heavy atom. The van der Waals surface area contributed by atoms with Gasteiger partial charge < -0.3 is 28.9 Å². The van der Waals surface area contributed by atoms with Gasteiger partial charge in [0.2, 0.25) is 0 Å². The monoisotopic (exact) mass is 613 g/mol. The number of ether oxygens (including phenoxy) is 3. The quantitative estimate of drug-likeness (QED) is 0.403. The summed E-state index contributed by atoms with van der Waals surface area (Å²) >= 11 is 0. The Labute approximate surface area is 250 Å². The number of Topliss-reactive ketones (excluding diaryl/α,β-unsaturated/α-hetero) is 1. The third kappa shape index (κ3) is 7.98. The fraction of sp³-hybridized carbons (Fsp3) is 0.667. The molecule has 0 bridgehead atoms. The molecule has 240 valence electrons. The first kappa shape index (κ1) is 34.1. The number of halogens is 3. The van der Waals surface area contributed by atoms with Crippen LogP contribution in [-0.2, 0) is 25.2 Å². The Hall–Kier alpha value is -3.35. The molecule has 1 aromatic rings. The molecule has 1 aromatic carbocycles. The van der Waals surface area contributed by atoms with E-state index in [4.69, 9.17) is 14.2 Å². The number of methoxy groups -OCH3 is 1. The largest absolute Gasteiger partial charge is 0.476 e. The molecule has 0 spiro atoms. The van der Waals surface area contributed by atoms with Crippen LogP contribution in [0.4, 0.5) is 23.7 Å². The van der Waals surface area contributed by atoms with E-state index in [9.17, 15) is 32.3 Å². The number of ketones is 1. The fourth-order valence-electron chi connectivity index (χ4n) is 5.35. The van der Waals surface area contributed by atoms with Crippen LogP contribution in [0.15, 0.2) is 12.1 Å². The van der Waals surface area contributed by atoms with Crippen LogP contribution < -0.4 is 9.64 Å². The summed E-state index contributed by atoms with van der Waals surface area (Å²) in [5.41, 5.74) is -4.14. The minimum atomic E-state index is -4.92. The van der Waals surface area contributed by atoms with Gasteiger partial charge in [-0.15, -0.1) is 0 Å². The summed E-state index contributed by atoms with van der Waals surface area (Å²) < 4.78 is 59.5. The van der Waals surface area contributed by atoms with E-state index in [0.29, 0.717) is 19.4 Å². The molecule has 2 heterocycles. The third-order valence-corrected chi connectivity index (χ3v) is 7.20. The van der Waals surface area contributed by atoms with Crippen LogP contribution in [0.25, 0.3) is 0 Å². The molecular weight excluding hydrogens is 571 g/mol. The van der Waals surface area contributed by atoms with Gasteiger partial charge in [-0.3, -0.25) is 14.4 Å². The van der Waals surface area contributed by atoms with Crippen molar-refractivity contribution in [2.75, 3.05) is 38.3 Å². The van der Waals surface area contributed by atoms with E-state index in [1.165, 1.54) is 35.7 Å². The number of alkyl halides is 3. The predicted molar refractivity (Wildman–Crippen MR) is 152 cm³/mol. The molecule has 0 N–H and O–H groups in total. The highest BCUT2D eigenvalue weighted by Crippen LogP contribution is 2.44. The number of rotatable bonds is 8. The van der Waals surface area contributed by atoms with Gasteiger partial charge in [0.05, 0.1) is 22.9 Å². The van der Waals surface area contributed by atoms with E-state index in [2.05, 4.69) is 0 Å². The number of hydrogen-bond acceptors (Lipinski definition) is 7. The lowest BCUT2D eigenvalue weighted by atomic mass is 9.96. The van der Waals surface area contributed by atoms with Crippen molar-refractivity contribution >= 4 is 29.4 Å². The lowest BCUT2D eigenvalue weighted by Crippen LogP contribution is -2.55. The second-order valence-electron chi connectivity index (χ2n) is 12.7. The second kappa shape index (κ2) is 12.7. The molecule has 0 unspecified atom stereocenters. The van der Waals surface area contributed by atoms with E-state index < -0.39 is 58.5 Å². The first-order valence-corrected chi connectivity index (χ1v) is 14.3. The topological polar surface area (TPSA) is 106 Å². The van der Waals surface area contributed by atoms with Gasteiger partial charge in [0.25, 0.3) is 11.8 Å². The zero-order chi connectivity index (χ0) is 32.5. The van der Waals surface area contributed by atoms with Gasteiger partial charge in [0, 0.05) is 39.2 Å². The van der Waals surface area contributed by atoms with Crippen molar-refractivity contribution in [3.05, 3.63) is 23.3 Å². The standard InChI is InChI=1S/C30H42F3N3O7/c1-18(2)36(19-10-9-12-34(16-19)27(40)43-28(3,4)5)25(38)21-14-23-24(15-22(21)30(31,32)33)42-29(6,7)26(39)35(23)13-11-20(37)17-41-8/h14-15,18-19H,9-13,16-17H2,1-8H3/t19-/m1/s1. The van der Waals surface area contributed by atoms with Crippen molar-refractivity contribution in [3.63, 3.8) is 0 Å². The summed E-state index contributed by atoms with van der Waals surface area (Å²) in [4.78, 5) is 56.4. The zero-order valence-corrected chi connectivity index (χ0v) is 26.1. The average Bonchev–Trinajstić information content (AvgIpc) is 2.87. The third-order valence-electron chi connectivity index (χ3n) is 7.20. The van der Waals surface area contributed by atoms with Crippen LogP contribution in [0.2, 0.25) is 0 Å². The Kier molecular flexibility index (Phi) is 10.1. The smallest absolute Gasteiger partial charge is 0.417 e. The summed E-state index contributed by atoms with van der Waals surface area (Å²) in [6, 6.07) is 0.670. The van der Waals surface area contributed by atoms with Gasteiger partial charge in [0.15, 0.2) is 11.4 Å². The normalized spacial score (nSPS) is 18.7. The Morgan fingerprint density at radius 2 is 1.81 bits per heavy atom. The lowest BCUT2D eigenvalue weighted by molar-refractivity contribution is -0.138. The van der Waals surface area contributed by atoms with Crippen LogP contribution in [0, 0.1) is 0 Å². The van der Waals surface area contributed by atoms with E-state index in [1.807, 2.05) is 0 Å². The number of carbonyl (C=O) groups is 4. The zero-order valence-electron chi connectivity index (χ0n) is 26.1. The van der Waals surface area contributed by atoms with Gasteiger partial charge in [-0.1, -0.05) is 0 Å². The maximum atomic E-state index is 14.5. The number of benzene rings is 1. The predicted octanol–water partition coefficient (Wildman–Crippen LogP) is 5.07. The maximum Gasteiger partial charge on any atom is 0.417 e. The molecule has 1 fully saturated rings. The molecule has 2 aliphatic heterocycles. The van der Waals surface area contributed by atoms with Crippen LogP contribution in [-0.4, -0.2) is 90.1 Å². The Balaban J connectivity index is 2.06. The number of piperidine rings is 1. The van der Waals surface area contributed by atoms with Gasteiger partial charge in [-0.2, -0.15) is 13.2 Å². The maximum absolute atomic E-state index is 14.5. The number of fused-ring (bicyclic) bond motifs is 1. The SMILES string of the molecule is COCC(=O)CCN1C(=O)C(C)(C)Oc2cc(C(F)(F)F)c(C(=O)N(C(C)C)[C@@H]3CCCN(C(=O)OC(C)(C)C)C3)cc21. The number of amides is 3. The van der Waals surface area contributed by atoms with E-state index in [-0.39, 0.29) is 43.3 Å². The first-order valence-electron chi connectivity index (χ1n) is 14.3. The van der Waals surface area contributed by atoms with Gasteiger partial charge in [0.1, 0.15) is 18.0 Å². The molecule has 1 saturated heterocycles. The molecule has 0 radical (unpaired) electrons. The molecule has 0 aromatic heterocycles. The van der Waals surface area contributed by atoms with Crippen LogP contribution >= 0.6 is 0 Å². The Bertz CT molecular complexity index is 1240. The molecule has 0 aliphatic carbocycles. The summed E-state index contributed by atoms with van der Waals surface area (Å²) in [7, 11) is 1.35. The minimum Gasteiger partial charge on any atom is -0.476 e. The van der Waals surface area contributed by atoms with Crippen LogP contribution in [0.1, 0.15) is 83.7 Å². The first-order chi connectivity index (χ1) is 19.8. The lowest BCUT2D eigenvalue weighted by Gasteiger charge is -2.42. The van der Waals surface area contributed by atoms with Crippen molar-refractivity contribution in [2.45, 2.75) is 97.2 Å². The van der Waals surface area contributed by atoms with Crippen molar-refractivity contribution < 1.29 is 46.6 Å². The van der Waals surface area contributed by atoms with E-state index in [1.54, 1.807) is 34.6 Å². The molecule has 3 amide bonds. The molecule has 1 atom stereocenters. The molecule has 10 nitrogen and oxygen atoms in total. The van der Waals surface area contributed by atoms with Crippen molar-refractivity contribution in [1.29, 1.82) is 0 Å². The van der Waals surface area contributed by atoms with Crippen molar-refractivity contribution in [3.8, 4) is 5.75 Å². The summed E-state index contributed by atoms with van der Waals surface area (Å²) in [6.07, 6.45) is -4.60. The highest BCUT2D eigenvalue weighted by atomic mass is 19.4. The summed E-state index contributed by atoms with van der Waals surface area (Å²) in [5, 5.41) is 0. The van der Waals surface area contributed by atoms with E-state index >= 15 is 0 Å². The van der Waals surface area contributed by atoms with Gasteiger partial charge in [-0.25, -0.2) is 4.79 Å². The molecular formula is C30H42F3N3O7. The van der Waals surface area contributed by atoms with Crippen molar-refractivity contribution in [2.24, 2.45) is 0 Å². The highest BCUT2D eigenvalue weighted by molar-refractivity contribution is 6.05. The van der Waals surface area contributed by atoms with Crippen molar-refractivity contribution in [1.82, 2.24) is 9.80 Å². The van der Waals surface area contributed by atoms with Gasteiger partial charge >= 0.3 is 12.3 Å². The average molecular weight is 614 g/mol. The molecule has 0 saturated carbocycles. The number of hydrogen-bond donors (Lipinski definition) is 0. The number of carbonyl (C=O) groups excluding carboxylic acids is 4. The molecule has 2 aliphatic rings. The molecule has 13 heteroatoms. The summed E-state index contributed by atoms with van der Waals surface area (Å²) in [6.45, 7) is 11.6. The number of nitrogens with zero attached hydrogens (tertiary/aromatic N) is 3. The number of anilines is 1. The second-order valence-corrected chi connectivity index (χ2v) is 12.7. The molecule has 43 heavy (non-hydrogen) atoms. The summed E-state index contributed by atoms with van der Waals surface area (Å²) in [5.74, 6) is -1.99.